The van der Waals surface area contributed by atoms with Gasteiger partial charge in [0.05, 0.1) is 13.2 Å². The summed E-state index contributed by atoms with van der Waals surface area (Å²) in [5.74, 6) is 2.04. The maximum Gasteiger partial charge on any atom is 0.118 e. The highest BCUT2D eigenvalue weighted by molar-refractivity contribution is 5.20. The predicted molar refractivity (Wildman–Crippen MR) is 83.2 cm³/mol. The van der Waals surface area contributed by atoms with Gasteiger partial charge in [0.2, 0.25) is 0 Å². The van der Waals surface area contributed by atoms with Gasteiger partial charge >= 0.3 is 0 Å². The standard InChI is InChI=1S/C17H28N2O2/c1-13-14(10-17(21-13)11-18-15-5-6-15)12-20-9-7-16-4-3-8-19(16)2/h10,15-16,18H,3-9,11-12H2,1-2H3. The van der Waals surface area contributed by atoms with Crippen molar-refractivity contribution in [2.24, 2.45) is 0 Å². The molecule has 1 unspecified atom stereocenters. The zero-order chi connectivity index (χ0) is 14.7. The van der Waals surface area contributed by atoms with Crippen LogP contribution < -0.4 is 5.32 Å². The average Bonchev–Trinajstić information content (AvgIpc) is 3.11. The molecule has 21 heavy (non-hydrogen) atoms. The summed E-state index contributed by atoms with van der Waals surface area (Å²) < 4.78 is 11.6. The summed E-state index contributed by atoms with van der Waals surface area (Å²) >= 11 is 0. The molecule has 2 heterocycles. The van der Waals surface area contributed by atoms with Gasteiger partial charge in [-0.1, -0.05) is 0 Å². The number of hydrogen-bond donors (Lipinski definition) is 1. The predicted octanol–water partition coefficient (Wildman–Crippen LogP) is 2.84. The Hall–Kier alpha value is -0.840. The van der Waals surface area contributed by atoms with E-state index in [0.29, 0.717) is 12.6 Å². The fourth-order valence-electron chi connectivity index (χ4n) is 3.10. The molecule has 0 bridgehead atoms. The van der Waals surface area contributed by atoms with Crippen molar-refractivity contribution in [3.05, 3.63) is 23.2 Å². The largest absolute Gasteiger partial charge is 0.465 e. The van der Waals surface area contributed by atoms with Gasteiger partial charge in [-0.15, -0.1) is 0 Å². The first-order chi connectivity index (χ1) is 10.2. The van der Waals surface area contributed by atoms with Crippen molar-refractivity contribution < 1.29 is 9.15 Å². The van der Waals surface area contributed by atoms with Gasteiger partial charge in [0.25, 0.3) is 0 Å². The van der Waals surface area contributed by atoms with Gasteiger partial charge < -0.3 is 19.4 Å². The van der Waals surface area contributed by atoms with Gasteiger partial charge in [0.1, 0.15) is 11.5 Å². The molecule has 0 aromatic carbocycles. The van der Waals surface area contributed by atoms with Crippen molar-refractivity contribution >= 4 is 0 Å². The summed E-state index contributed by atoms with van der Waals surface area (Å²) in [6.07, 6.45) is 6.42. The molecule has 0 radical (unpaired) electrons. The number of rotatable bonds is 8. The highest BCUT2D eigenvalue weighted by atomic mass is 16.5. The number of likely N-dealkylation sites (tertiary alicyclic amines) is 1. The maximum atomic E-state index is 5.85. The summed E-state index contributed by atoms with van der Waals surface area (Å²) in [6, 6.07) is 3.58. The van der Waals surface area contributed by atoms with Gasteiger partial charge in [-0.2, -0.15) is 0 Å². The molecule has 1 saturated carbocycles. The molecule has 2 fully saturated rings. The monoisotopic (exact) mass is 292 g/mol. The van der Waals surface area contributed by atoms with Crippen LogP contribution in [0.2, 0.25) is 0 Å². The van der Waals surface area contributed by atoms with E-state index in [-0.39, 0.29) is 0 Å². The molecule has 1 aliphatic carbocycles. The SMILES string of the molecule is Cc1oc(CNC2CC2)cc1COCCC1CCCN1C. The Labute approximate surface area is 127 Å². The smallest absolute Gasteiger partial charge is 0.118 e. The molecule has 0 amide bonds. The Morgan fingerprint density at radius 2 is 2.24 bits per heavy atom. The number of ether oxygens (including phenoxy) is 1. The van der Waals surface area contributed by atoms with Crippen LogP contribution in [0.15, 0.2) is 10.5 Å². The first kappa shape index (κ1) is 15.1. The summed E-state index contributed by atoms with van der Waals surface area (Å²) in [5.41, 5.74) is 1.20. The van der Waals surface area contributed by atoms with Crippen LogP contribution in [0.4, 0.5) is 0 Å². The minimum atomic E-state index is 0.676. The van der Waals surface area contributed by atoms with Crippen LogP contribution in [0.25, 0.3) is 0 Å². The number of nitrogens with one attached hydrogen (secondary N) is 1. The molecule has 1 aromatic rings. The molecule has 1 atom stereocenters. The summed E-state index contributed by atoms with van der Waals surface area (Å²) in [6.45, 7) is 5.63. The van der Waals surface area contributed by atoms with Crippen LogP contribution in [0.1, 0.15) is 49.2 Å². The van der Waals surface area contributed by atoms with Gasteiger partial charge in [-0.3, -0.25) is 0 Å². The van der Waals surface area contributed by atoms with Gasteiger partial charge in [-0.25, -0.2) is 0 Å². The molecule has 4 heteroatoms. The van der Waals surface area contributed by atoms with Crippen LogP contribution in [-0.4, -0.2) is 37.2 Å². The van der Waals surface area contributed by atoms with Crippen molar-refractivity contribution in [3.8, 4) is 0 Å². The average molecular weight is 292 g/mol. The van der Waals surface area contributed by atoms with Crippen LogP contribution in [0.5, 0.6) is 0 Å². The Morgan fingerprint density at radius 1 is 1.38 bits per heavy atom. The second-order valence-corrected chi connectivity index (χ2v) is 6.57. The van der Waals surface area contributed by atoms with E-state index in [2.05, 4.69) is 23.3 Å². The van der Waals surface area contributed by atoms with Crippen molar-refractivity contribution in [1.29, 1.82) is 0 Å². The van der Waals surface area contributed by atoms with Crippen molar-refractivity contribution in [2.75, 3.05) is 20.2 Å². The quantitative estimate of drug-likeness (QED) is 0.748. The van der Waals surface area contributed by atoms with Crippen molar-refractivity contribution in [2.45, 2.75) is 64.3 Å². The fraction of sp³-hybridized carbons (Fsp3) is 0.765. The van der Waals surface area contributed by atoms with Gasteiger partial charge in [0, 0.05) is 24.3 Å². The molecule has 2 aliphatic rings. The third kappa shape index (κ3) is 4.31. The van der Waals surface area contributed by atoms with Crippen LogP contribution in [-0.2, 0) is 17.9 Å². The molecule has 0 spiro atoms. The van der Waals surface area contributed by atoms with Gasteiger partial charge in [0.15, 0.2) is 0 Å². The van der Waals surface area contributed by atoms with E-state index in [9.17, 15) is 0 Å². The third-order valence-corrected chi connectivity index (χ3v) is 4.74. The first-order valence-electron chi connectivity index (χ1n) is 8.32. The highest BCUT2D eigenvalue weighted by Crippen LogP contribution is 2.21. The van der Waals surface area contributed by atoms with E-state index in [1.807, 2.05) is 6.92 Å². The molecule has 1 aliphatic heterocycles. The minimum Gasteiger partial charge on any atom is -0.465 e. The molecule has 1 saturated heterocycles. The second-order valence-electron chi connectivity index (χ2n) is 6.57. The Kier molecular flexibility index (Phi) is 4.99. The van der Waals surface area contributed by atoms with E-state index in [1.54, 1.807) is 0 Å². The Morgan fingerprint density at radius 3 is 2.95 bits per heavy atom. The van der Waals surface area contributed by atoms with Crippen LogP contribution in [0.3, 0.4) is 0 Å². The number of aryl methyl sites for hydroxylation is 1. The topological polar surface area (TPSA) is 37.6 Å². The van der Waals surface area contributed by atoms with E-state index in [4.69, 9.17) is 9.15 Å². The number of hydrogen-bond acceptors (Lipinski definition) is 4. The minimum absolute atomic E-state index is 0.676. The summed E-state index contributed by atoms with van der Waals surface area (Å²) in [7, 11) is 2.22. The molecule has 1 aromatic heterocycles. The Bertz CT molecular complexity index is 454. The normalized spacial score (nSPS) is 23.0. The highest BCUT2D eigenvalue weighted by Gasteiger charge is 2.21. The summed E-state index contributed by atoms with van der Waals surface area (Å²) in [4.78, 5) is 2.45. The van der Waals surface area contributed by atoms with E-state index in [1.165, 1.54) is 37.8 Å². The third-order valence-electron chi connectivity index (χ3n) is 4.74. The molecule has 118 valence electrons. The maximum absolute atomic E-state index is 5.85. The summed E-state index contributed by atoms with van der Waals surface area (Å²) in [5, 5.41) is 3.48. The lowest BCUT2D eigenvalue weighted by Gasteiger charge is -2.18. The molecular formula is C17H28N2O2. The zero-order valence-electron chi connectivity index (χ0n) is 13.4. The van der Waals surface area contributed by atoms with Gasteiger partial charge in [-0.05, 0) is 58.7 Å². The van der Waals surface area contributed by atoms with Crippen molar-refractivity contribution in [3.63, 3.8) is 0 Å². The molecule has 3 rings (SSSR count). The second kappa shape index (κ2) is 6.95. The van der Waals surface area contributed by atoms with Crippen molar-refractivity contribution in [1.82, 2.24) is 10.2 Å². The van der Waals surface area contributed by atoms with Crippen LogP contribution >= 0.6 is 0 Å². The lowest BCUT2D eigenvalue weighted by atomic mass is 10.1. The lowest BCUT2D eigenvalue weighted by molar-refractivity contribution is 0.101. The molecular weight excluding hydrogens is 264 g/mol. The zero-order valence-corrected chi connectivity index (χ0v) is 13.4. The first-order valence-corrected chi connectivity index (χ1v) is 8.32. The Balaban J connectivity index is 1.37. The molecule has 1 N–H and O–H groups in total. The van der Waals surface area contributed by atoms with Crippen LogP contribution in [0, 0.1) is 6.92 Å². The molecule has 4 nitrogen and oxygen atoms in total. The lowest BCUT2D eigenvalue weighted by Crippen LogP contribution is -2.26. The van der Waals surface area contributed by atoms with E-state index in [0.717, 1.165) is 37.1 Å². The fourth-order valence-corrected chi connectivity index (χ4v) is 3.10. The van der Waals surface area contributed by atoms with E-state index >= 15 is 0 Å². The number of furan rings is 1. The number of nitrogens with zero attached hydrogens (tertiary/aromatic N) is 1. The van der Waals surface area contributed by atoms with E-state index < -0.39 is 0 Å².